The van der Waals surface area contributed by atoms with Crippen molar-refractivity contribution in [2.45, 2.75) is 32.0 Å². The van der Waals surface area contributed by atoms with Gasteiger partial charge in [-0.2, -0.15) is 0 Å². The fourth-order valence-electron chi connectivity index (χ4n) is 3.95. The number of rotatable bonds is 5. The highest BCUT2D eigenvalue weighted by Crippen LogP contribution is 2.21. The van der Waals surface area contributed by atoms with E-state index in [-0.39, 0.29) is 11.9 Å². The van der Waals surface area contributed by atoms with Gasteiger partial charge in [0.2, 0.25) is 5.91 Å². The molecule has 0 radical (unpaired) electrons. The lowest BCUT2D eigenvalue weighted by Gasteiger charge is -2.24. The zero-order chi connectivity index (χ0) is 21.6. The number of urea groups is 1. The van der Waals surface area contributed by atoms with E-state index >= 15 is 0 Å². The average Bonchev–Trinajstić information content (AvgIpc) is 3.31. The van der Waals surface area contributed by atoms with Crippen molar-refractivity contribution in [3.8, 4) is 12.3 Å². The lowest BCUT2D eigenvalue weighted by molar-refractivity contribution is -0.124. The fourth-order valence-corrected chi connectivity index (χ4v) is 3.95. The summed E-state index contributed by atoms with van der Waals surface area (Å²) in [4.78, 5) is 31.2. The molecule has 1 fully saturated rings. The van der Waals surface area contributed by atoms with Crippen molar-refractivity contribution in [3.05, 3.63) is 77.6 Å². The summed E-state index contributed by atoms with van der Waals surface area (Å²) >= 11 is 0. The number of likely N-dealkylation sites (tertiary alicyclic amines) is 1. The topological polar surface area (TPSA) is 74.3 Å². The summed E-state index contributed by atoms with van der Waals surface area (Å²) in [6, 6.07) is 14.9. The third kappa shape index (κ3) is 4.67. The van der Waals surface area contributed by atoms with E-state index in [2.05, 4.69) is 21.5 Å². The molecule has 2 heterocycles. The van der Waals surface area contributed by atoms with Gasteiger partial charge in [-0.05, 0) is 52.9 Å². The molecule has 1 aliphatic rings. The number of fused-ring (bicyclic) bond motifs is 1. The average molecular weight is 412 g/mol. The molecule has 1 aliphatic heterocycles. The van der Waals surface area contributed by atoms with Crippen LogP contribution in [0.3, 0.4) is 0 Å². The number of carbonyl (C=O) groups is 2. The molecule has 156 valence electrons. The zero-order valence-electron chi connectivity index (χ0n) is 17.2. The summed E-state index contributed by atoms with van der Waals surface area (Å²) in [6.45, 7) is 1.32. The normalized spacial score (nSPS) is 15.5. The molecule has 1 aromatic heterocycles. The molecule has 6 heteroatoms. The van der Waals surface area contributed by atoms with Crippen LogP contribution in [0.25, 0.3) is 10.8 Å². The van der Waals surface area contributed by atoms with Crippen LogP contribution in [-0.4, -0.2) is 34.4 Å². The van der Waals surface area contributed by atoms with Crippen molar-refractivity contribution < 1.29 is 9.59 Å². The first-order valence-electron chi connectivity index (χ1n) is 10.3. The molecule has 4 rings (SSSR count). The second-order valence-corrected chi connectivity index (χ2v) is 7.59. The SMILES string of the molecule is C#Cc1ccc2cccc(CNC(=O)N3CCC[C@H]3C(=O)NCc3cccnc3)c2c1. The van der Waals surface area contributed by atoms with Gasteiger partial charge < -0.3 is 15.5 Å². The maximum atomic E-state index is 12.9. The van der Waals surface area contributed by atoms with Gasteiger partial charge in [-0.25, -0.2) is 4.79 Å². The number of aromatic nitrogens is 1. The van der Waals surface area contributed by atoms with Crippen molar-refractivity contribution in [3.63, 3.8) is 0 Å². The van der Waals surface area contributed by atoms with Crippen molar-refractivity contribution in [1.29, 1.82) is 0 Å². The van der Waals surface area contributed by atoms with Crippen LogP contribution < -0.4 is 10.6 Å². The van der Waals surface area contributed by atoms with E-state index in [4.69, 9.17) is 6.42 Å². The van der Waals surface area contributed by atoms with Crippen LogP contribution in [-0.2, 0) is 17.9 Å². The number of nitrogens with zero attached hydrogens (tertiary/aromatic N) is 2. The van der Waals surface area contributed by atoms with E-state index in [9.17, 15) is 9.59 Å². The minimum atomic E-state index is -0.461. The third-order valence-electron chi connectivity index (χ3n) is 5.58. The van der Waals surface area contributed by atoms with E-state index in [1.165, 1.54) is 0 Å². The van der Waals surface area contributed by atoms with Crippen LogP contribution in [0.1, 0.15) is 29.5 Å². The van der Waals surface area contributed by atoms with Crippen molar-refractivity contribution in [2.24, 2.45) is 0 Å². The summed E-state index contributed by atoms with van der Waals surface area (Å²) < 4.78 is 0. The lowest BCUT2D eigenvalue weighted by Crippen LogP contribution is -2.49. The molecule has 3 aromatic rings. The molecule has 3 amide bonds. The number of carbonyl (C=O) groups excluding carboxylic acids is 2. The summed E-state index contributed by atoms with van der Waals surface area (Å²) in [7, 11) is 0. The van der Waals surface area contributed by atoms with Gasteiger partial charge in [0, 0.05) is 37.6 Å². The molecule has 0 saturated carbocycles. The smallest absolute Gasteiger partial charge is 0.318 e. The van der Waals surface area contributed by atoms with E-state index < -0.39 is 6.04 Å². The van der Waals surface area contributed by atoms with Gasteiger partial charge in [0.15, 0.2) is 0 Å². The van der Waals surface area contributed by atoms with Crippen molar-refractivity contribution >= 4 is 22.7 Å². The summed E-state index contributed by atoms with van der Waals surface area (Å²) in [5.41, 5.74) is 2.71. The molecule has 1 saturated heterocycles. The summed E-state index contributed by atoms with van der Waals surface area (Å²) in [5, 5.41) is 7.98. The van der Waals surface area contributed by atoms with Crippen LogP contribution in [0, 0.1) is 12.3 Å². The fraction of sp³-hybridized carbons (Fsp3) is 0.240. The second-order valence-electron chi connectivity index (χ2n) is 7.59. The van der Waals surface area contributed by atoms with Gasteiger partial charge >= 0.3 is 6.03 Å². The van der Waals surface area contributed by atoms with Gasteiger partial charge in [-0.3, -0.25) is 9.78 Å². The standard InChI is InChI=1S/C25H24N4O2/c1-2-18-10-11-20-7-3-8-21(22(20)14-18)17-28-25(31)29-13-5-9-23(29)24(30)27-16-19-6-4-12-26-15-19/h1,3-4,6-8,10-12,14-15,23H,5,9,13,16-17H2,(H,27,30)(H,28,31)/t23-/m0/s1. The van der Waals surface area contributed by atoms with Crippen LogP contribution in [0.15, 0.2) is 60.9 Å². The Hall–Kier alpha value is -3.85. The molecule has 31 heavy (non-hydrogen) atoms. The van der Waals surface area contributed by atoms with E-state index in [1.807, 2.05) is 48.5 Å². The van der Waals surface area contributed by atoms with Crippen LogP contribution in [0.4, 0.5) is 4.79 Å². The Morgan fingerprint density at radius 1 is 1.13 bits per heavy atom. The Morgan fingerprint density at radius 2 is 2.03 bits per heavy atom. The maximum Gasteiger partial charge on any atom is 0.318 e. The minimum absolute atomic E-state index is 0.139. The highest BCUT2D eigenvalue weighted by atomic mass is 16.2. The highest BCUT2D eigenvalue weighted by molar-refractivity contribution is 5.89. The number of pyridine rings is 1. The van der Waals surface area contributed by atoms with Gasteiger partial charge in [-0.1, -0.05) is 36.3 Å². The molecular weight excluding hydrogens is 388 g/mol. The second kappa shape index (κ2) is 9.31. The predicted molar refractivity (Wildman–Crippen MR) is 120 cm³/mol. The zero-order valence-corrected chi connectivity index (χ0v) is 17.2. The molecule has 6 nitrogen and oxygen atoms in total. The first-order valence-corrected chi connectivity index (χ1v) is 10.3. The van der Waals surface area contributed by atoms with E-state index in [0.29, 0.717) is 26.1 Å². The number of hydrogen-bond acceptors (Lipinski definition) is 3. The molecule has 0 bridgehead atoms. The Labute approximate surface area is 181 Å². The number of amides is 3. The van der Waals surface area contributed by atoms with Gasteiger partial charge in [0.25, 0.3) is 0 Å². The number of nitrogens with one attached hydrogen (secondary N) is 2. The number of benzene rings is 2. The Kier molecular flexibility index (Phi) is 6.13. The number of hydrogen-bond donors (Lipinski definition) is 2. The maximum absolute atomic E-state index is 12.9. The Bertz CT molecular complexity index is 1140. The van der Waals surface area contributed by atoms with Crippen LogP contribution >= 0.6 is 0 Å². The first-order chi connectivity index (χ1) is 15.2. The monoisotopic (exact) mass is 412 g/mol. The van der Waals surface area contributed by atoms with Gasteiger partial charge in [0.05, 0.1) is 0 Å². The quantitative estimate of drug-likeness (QED) is 0.632. The van der Waals surface area contributed by atoms with E-state index in [0.717, 1.165) is 33.9 Å². The van der Waals surface area contributed by atoms with Crippen molar-refractivity contribution in [2.75, 3.05) is 6.54 Å². The number of terminal acetylenes is 1. The molecule has 0 spiro atoms. The third-order valence-corrected chi connectivity index (χ3v) is 5.58. The van der Waals surface area contributed by atoms with Gasteiger partial charge in [-0.15, -0.1) is 6.42 Å². The Balaban J connectivity index is 1.39. The van der Waals surface area contributed by atoms with Crippen molar-refractivity contribution in [1.82, 2.24) is 20.5 Å². The summed E-state index contributed by atoms with van der Waals surface area (Å²) in [5.74, 6) is 2.52. The summed E-state index contributed by atoms with van der Waals surface area (Å²) in [6.07, 6.45) is 10.4. The minimum Gasteiger partial charge on any atom is -0.350 e. The van der Waals surface area contributed by atoms with Gasteiger partial charge in [0.1, 0.15) is 6.04 Å². The largest absolute Gasteiger partial charge is 0.350 e. The molecule has 2 N–H and O–H groups in total. The molecular formula is C25H24N4O2. The first kappa shape index (κ1) is 20.4. The predicted octanol–water partition coefficient (Wildman–Crippen LogP) is 3.21. The van der Waals surface area contributed by atoms with E-state index in [1.54, 1.807) is 17.3 Å². The lowest BCUT2D eigenvalue weighted by atomic mass is 10.0. The van der Waals surface area contributed by atoms with Crippen LogP contribution in [0.2, 0.25) is 0 Å². The highest BCUT2D eigenvalue weighted by Gasteiger charge is 2.33. The Morgan fingerprint density at radius 3 is 2.84 bits per heavy atom. The van der Waals surface area contributed by atoms with Crippen LogP contribution in [0.5, 0.6) is 0 Å². The molecule has 0 unspecified atom stereocenters. The molecule has 2 aromatic carbocycles. The molecule has 0 aliphatic carbocycles. The molecule has 1 atom stereocenters.